The lowest BCUT2D eigenvalue weighted by Crippen LogP contribution is -2.37. The normalized spacial score (nSPS) is 17.4. The number of carbonyl (C=O) groups excluding carboxylic acids is 1. The third kappa shape index (κ3) is 5.50. The van der Waals surface area contributed by atoms with Crippen LogP contribution in [0.2, 0.25) is 0 Å². The van der Waals surface area contributed by atoms with E-state index in [0.29, 0.717) is 18.3 Å². The fourth-order valence-electron chi connectivity index (χ4n) is 5.34. The van der Waals surface area contributed by atoms with E-state index in [1.807, 2.05) is 19.1 Å². The quantitative estimate of drug-likeness (QED) is 0.293. The Bertz CT molecular complexity index is 1510. The van der Waals surface area contributed by atoms with E-state index in [1.165, 1.54) is 19.4 Å². The fourth-order valence-corrected chi connectivity index (χ4v) is 6.17. The van der Waals surface area contributed by atoms with Crippen LogP contribution in [0.3, 0.4) is 0 Å². The minimum absolute atomic E-state index is 0.00289. The highest BCUT2D eigenvalue weighted by molar-refractivity contribution is 7.18. The maximum absolute atomic E-state index is 14.7. The Morgan fingerprint density at radius 1 is 1.26 bits per heavy atom. The summed E-state index contributed by atoms with van der Waals surface area (Å²) < 4.78 is 21.0. The van der Waals surface area contributed by atoms with Crippen LogP contribution in [0.4, 0.5) is 10.1 Å². The molecule has 0 amide bonds. The number of rotatable bonds is 9. The molecule has 8 nitrogen and oxygen atoms in total. The van der Waals surface area contributed by atoms with Crippen molar-refractivity contribution in [3.05, 3.63) is 64.7 Å². The number of nitrogens with one attached hydrogen (secondary N) is 1. The van der Waals surface area contributed by atoms with E-state index in [2.05, 4.69) is 34.0 Å². The summed E-state index contributed by atoms with van der Waals surface area (Å²) in [6.45, 7) is 6.89. The summed E-state index contributed by atoms with van der Waals surface area (Å²) in [5, 5.41) is 14.8. The van der Waals surface area contributed by atoms with Crippen molar-refractivity contribution in [1.82, 2.24) is 20.3 Å². The van der Waals surface area contributed by atoms with Crippen LogP contribution in [0.1, 0.15) is 41.3 Å². The SMILES string of the molecule is COc1cccc(F)c1-c1nccc(C(=O)Cc2ccc3sc(C)nc3c2N2C[C@H](NC(C)C)C[C@H]2CO)n1. The number of aromatic nitrogens is 3. The van der Waals surface area contributed by atoms with Crippen molar-refractivity contribution in [2.45, 2.75) is 51.7 Å². The van der Waals surface area contributed by atoms with Gasteiger partial charge in [0.2, 0.25) is 0 Å². The first-order valence-corrected chi connectivity index (χ1v) is 13.8. The fraction of sp³-hybridized carbons (Fsp3) is 0.379. The van der Waals surface area contributed by atoms with E-state index < -0.39 is 5.82 Å². The zero-order valence-corrected chi connectivity index (χ0v) is 23.3. The molecule has 0 unspecified atom stereocenters. The van der Waals surface area contributed by atoms with Crippen molar-refractivity contribution < 1.29 is 19.0 Å². The number of hydrogen-bond donors (Lipinski definition) is 2. The largest absolute Gasteiger partial charge is 0.496 e. The second kappa shape index (κ2) is 11.3. The first kappa shape index (κ1) is 27.1. The molecule has 3 heterocycles. The van der Waals surface area contributed by atoms with Gasteiger partial charge in [0.05, 0.1) is 40.7 Å². The molecule has 0 saturated carbocycles. The number of fused-ring (bicyclic) bond motifs is 1. The Morgan fingerprint density at radius 2 is 2.08 bits per heavy atom. The third-order valence-electron chi connectivity index (χ3n) is 6.92. The maximum atomic E-state index is 14.7. The molecule has 2 aromatic carbocycles. The molecule has 2 aromatic heterocycles. The average molecular weight is 550 g/mol. The summed E-state index contributed by atoms with van der Waals surface area (Å²) in [7, 11) is 1.45. The van der Waals surface area contributed by atoms with Crippen LogP contribution < -0.4 is 15.0 Å². The van der Waals surface area contributed by atoms with E-state index in [1.54, 1.807) is 29.5 Å². The van der Waals surface area contributed by atoms with Gasteiger partial charge in [0, 0.05) is 31.2 Å². The van der Waals surface area contributed by atoms with Crippen molar-refractivity contribution in [1.29, 1.82) is 0 Å². The van der Waals surface area contributed by atoms with E-state index >= 15 is 0 Å². The van der Waals surface area contributed by atoms with Crippen LogP contribution in [0.25, 0.3) is 21.6 Å². The first-order chi connectivity index (χ1) is 18.8. The van der Waals surface area contributed by atoms with Crippen LogP contribution in [0.5, 0.6) is 5.75 Å². The molecule has 0 spiro atoms. The molecule has 5 rings (SSSR count). The molecular formula is C29H32FN5O3S. The molecule has 1 aliphatic heterocycles. The number of nitrogens with zero attached hydrogens (tertiary/aromatic N) is 4. The van der Waals surface area contributed by atoms with Gasteiger partial charge in [-0.1, -0.05) is 26.0 Å². The van der Waals surface area contributed by atoms with Gasteiger partial charge in [0.15, 0.2) is 11.6 Å². The monoisotopic (exact) mass is 549 g/mol. The number of aliphatic hydroxyl groups excluding tert-OH is 1. The number of halogens is 1. The van der Waals surface area contributed by atoms with Crippen molar-refractivity contribution in [2.75, 3.05) is 25.2 Å². The Balaban J connectivity index is 1.52. The zero-order valence-electron chi connectivity index (χ0n) is 22.4. The molecule has 0 radical (unpaired) electrons. The minimum atomic E-state index is -0.528. The second-order valence-electron chi connectivity index (χ2n) is 10.1. The molecule has 1 fully saturated rings. The van der Waals surface area contributed by atoms with Crippen molar-refractivity contribution in [2.24, 2.45) is 0 Å². The van der Waals surface area contributed by atoms with Crippen LogP contribution in [0.15, 0.2) is 42.6 Å². The van der Waals surface area contributed by atoms with Gasteiger partial charge in [-0.2, -0.15) is 0 Å². The topological polar surface area (TPSA) is 100 Å². The van der Waals surface area contributed by atoms with E-state index in [-0.39, 0.29) is 48.0 Å². The minimum Gasteiger partial charge on any atom is -0.496 e. The van der Waals surface area contributed by atoms with Gasteiger partial charge < -0.3 is 20.1 Å². The number of ketones is 1. The number of carbonyl (C=O) groups is 1. The average Bonchev–Trinajstić information content (AvgIpc) is 3.49. The summed E-state index contributed by atoms with van der Waals surface area (Å²) >= 11 is 1.60. The highest BCUT2D eigenvalue weighted by atomic mass is 32.1. The number of anilines is 1. The summed E-state index contributed by atoms with van der Waals surface area (Å²) in [5.41, 5.74) is 2.82. The highest BCUT2D eigenvalue weighted by Crippen LogP contribution is 2.38. The zero-order chi connectivity index (χ0) is 27.7. The number of benzene rings is 2. The van der Waals surface area contributed by atoms with Gasteiger partial charge in [-0.3, -0.25) is 4.79 Å². The second-order valence-corrected chi connectivity index (χ2v) is 11.3. The summed E-state index contributed by atoms with van der Waals surface area (Å²) in [4.78, 5) is 29.2. The number of aryl methyl sites for hydroxylation is 1. The maximum Gasteiger partial charge on any atom is 0.185 e. The lowest BCUT2D eigenvalue weighted by molar-refractivity contribution is 0.0988. The molecule has 1 saturated heterocycles. The molecule has 10 heteroatoms. The summed E-state index contributed by atoms with van der Waals surface area (Å²) in [6, 6.07) is 10.4. The standard InChI is InChI=1S/C29H32FN5O3S/c1-16(2)32-19-13-20(15-36)35(14-19)28-18(8-9-25-27(28)33-17(3)39-25)12-23(37)22-10-11-31-29(34-22)26-21(30)6-5-7-24(26)38-4/h5-11,16,19-20,32,36H,12-15H2,1-4H3/t19-,20+/m1/s1. The van der Waals surface area contributed by atoms with Gasteiger partial charge in [-0.05, 0) is 43.2 Å². The highest BCUT2D eigenvalue weighted by Gasteiger charge is 2.35. The van der Waals surface area contributed by atoms with Gasteiger partial charge in [-0.15, -0.1) is 11.3 Å². The Labute approximate surface area is 230 Å². The predicted molar refractivity (Wildman–Crippen MR) is 151 cm³/mol. The Kier molecular flexibility index (Phi) is 7.88. The number of aliphatic hydroxyl groups is 1. The molecule has 1 aliphatic rings. The lowest BCUT2D eigenvalue weighted by atomic mass is 10.0. The van der Waals surface area contributed by atoms with Crippen molar-refractivity contribution >= 4 is 33.0 Å². The lowest BCUT2D eigenvalue weighted by Gasteiger charge is -2.28. The number of ether oxygens (including phenoxy) is 1. The van der Waals surface area contributed by atoms with Gasteiger partial charge >= 0.3 is 0 Å². The summed E-state index contributed by atoms with van der Waals surface area (Å²) in [6.07, 6.45) is 2.32. The first-order valence-electron chi connectivity index (χ1n) is 13.0. The van der Waals surface area contributed by atoms with Gasteiger partial charge in [0.1, 0.15) is 22.8 Å². The molecule has 2 N–H and O–H groups in total. The molecule has 0 aliphatic carbocycles. The smallest absolute Gasteiger partial charge is 0.185 e. The van der Waals surface area contributed by atoms with Crippen molar-refractivity contribution in [3.8, 4) is 17.1 Å². The number of methoxy groups -OCH3 is 1. The summed E-state index contributed by atoms with van der Waals surface area (Å²) in [5.74, 6) is -0.374. The van der Waals surface area contributed by atoms with E-state index in [4.69, 9.17) is 9.72 Å². The number of thiazole rings is 1. The predicted octanol–water partition coefficient (Wildman–Crippen LogP) is 4.57. The molecule has 39 heavy (non-hydrogen) atoms. The molecule has 204 valence electrons. The van der Waals surface area contributed by atoms with Crippen LogP contribution in [0, 0.1) is 12.7 Å². The van der Waals surface area contributed by atoms with E-state index in [9.17, 15) is 14.3 Å². The Hall–Kier alpha value is -3.47. The number of hydrogen-bond acceptors (Lipinski definition) is 9. The molecule has 4 aromatic rings. The van der Waals surface area contributed by atoms with Crippen LogP contribution >= 0.6 is 11.3 Å². The van der Waals surface area contributed by atoms with Gasteiger partial charge in [-0.25, -0.2) is 19.3 Å². The van der Waals surface area contributed by atoms with E-state index in [0.717, 1.165) is 32.9 Å². The molecular weight excluding hydrogens is 517 g/mol. The third-order valence-corrected chi connectivity index (χ3v) is 7.85. The van der Waals surface area contributed by atoms with Crippen molar-refractivity contribution in [3.63, 3.8) is 0 Å². The van der Waals surface area contributed by atoms with Crippen LogP contribution in [-0.2, 0) is 6.42 Å². The Morgan fingerprint density at radius 3 is 2.82 bits per heavy atom. The number of Topliss-reactive ketones (excluding diaryl/α,β-unsaturated/α-hetero) is 1. The molecule has 2 atom stereocenters. The molecule has 0 bridgehead atoms. The van der Waals surface area contributed by atoms with Gasteiger partial charge in [0.25, 0.3) is 0 Å². The van der Waals surface area contributed by atoms with Crippen LogP contribution in [-0.4, -0.2) is 64.2 Å².